The minimum Gasteiger partial charge on any atom is -0.211 e. The fourth-order valence-electron chi connectivity index (χ4n) is 2.16. The molecule has 0 aliphatic carbocycles. The molecular formula is C16H17F2NO2S. The lowest BCUT2D eigenvalue weighted by Gasteiger charge is -2.16. The summed E-state index contributed by atoms with van der Waals surface area (Å²) in [4.78, 5) is -0.283. The van der Waals surface area contributed by atoms with Crippen molar-refractivity contribution in [3.8, 4) is 0 Å². The van der Waals surface area contributed by atoms with Crippen molar-refractivity contribution >= 4 is 10.0 Å². The normalized spacial score (nSPS) is 13.0. The van der Waals surface area contributed by atoms with Crippen LogP contribution in [0.4, 0.5) is 8.78 Å². The van der Waals surface area contributed by atoms with Crippen LogP contribution in [-0.2, 0) is 10.0 Å². The quantitative estimate of drug-likeness (QED) is 0.884. The van der Waals surface area contributed by atoms with Crippen molar-refractivity contribution in [1.82, 2.24) is 4.72 Å². The molecule has 0 bridgehead atoms. The van der Waals surface area contributed by atoms with E-state index < -0.39 is 21.7 Å². The number of benzene rings is 2. The van der Waals surface area contributed by atoms with E-state index in [1.165, 1.54) is 0 Å². The lowest BCUT2D eigenvalue weighted by Crippen LogP contribution is -2.28. The van der Waals surface area contributed by atoms with Crippen LogP contribution in [0.15, 0.2) is 53.4 Å². The zero-order chi connectivity index (χ0) is 16.2. The van der Waals surface area contributed by atoms with Crippen molar-refractivity contribution in [2.24, 2.45) is 0 Å². The molecule has 2 aromatic carbocycles. The number of sulfonamides is 1. The van der Waals surface area contributed by atoms with E-state index >= 15 is 0 Å². The number of halogens is 2. The highest BCUT2D eigenvalue weighted by Crippen LogP contribution is 2.20. The monoisotopic (exact) mass is 325 g/mol. The predicted molar refractivity (Wildman–Crippen MR) is 81.0 cm³/mol. The summed E-state index contributed by atoms with van der Waals surface area (Å²) in [5.74, 6) is -2.24. The molecule has 0 aromatic heterocycles. The van der Waals surface area contributed by atoms with Crippen LogP contribution in [0.2, 0.25) is 0 Å². The zero-order valence-electron chi connectivity index (χ0n) is 12.1. The summed E-state index contributed by atoms with van der Waals surface area (Å²) in [6.07, 6.45) is 0.754. The van der Waals surface area contributed by atoms with Gasteiger partial charge in [-0.05, 0) is 36.1 Å². The molecular weight excluding hydrogens is 308 g/mol. The van der Waals surface area contributed by atoms with Crippen LogP contribution < -0.4 is 4.72 Å². The van der Waals surface area contributed by atoms with Crippen LogP contribution in [0, 0.1) is 11.6 Å². The average Bonchev–Trinajstić information content (AvgIpc) is 2.51. The molecule has 0 spiro atoms. The molecule has 0 saturated heterocycles. The Labute approximate surface area is 129 Å². The Balaban J connectivity index is 2.13. The molecule has 0 amide bonds. The molecule has 0 radical (unpaired) electrons. The first-order chi connectivity index (χ1) is 10.4. The van der Waals surface area contributed by atoms with Crippen molar-refractivity contribution in [2.75, 3.05) is 6.54 Å². The topological polar surface area (TPSA) is 46.2 Å². The fourth-order valence-corrected chi connectivity index (χ4v) is 3.25. The third-order valence-electron chi connectivity index (χ3n) is 3.48. The number of hydrogen-bond donors (Lipinski definition) is 1. The SMILES string of the molecule is CCC(CNS(=O)(=O)c1ccc(F)c(F)c1)c1ccccc1. The van der Waals surface area contributed by atoms with Gasteiger partial charge in [0.15, 0.2) is 11.6 Å². The summed E-state index contributed by atoms with van der Waals surface area (Å²) >= 11 is 0. The Bertz CT molecular complexity index is 733. The van der Waals surface area contributed by atoms with Crippen LogP contribution in [0.5, 0.6) is 0 Å². The second kappa shape index (κ2) is 6.98. The second-order valence-corrected chi connectivity index (χ2v) is 6.71. The molecule has 22 heavy (non-hydrogen) atoms. The van der Waals surface area contributed by atoms with E-state index in [4.69, 9.17) is 0 Å². The van der Waals surface area contributed by atoms with Gasteiger partial charge in [-0.3, -0.25) is 0 Å². The van der Waals surface area contributed by atoms with Gasteiger partial charge in [-0.1, -0.05) is 37.3 Å². The number of hydrogen-bond acceptors (Lipinski definition) is 2. The molecule has 6 heteroatoms. The van der Waals surface area contributed by atoms with Gasteiger partial charge < -0.3 is 0 Å². The van der Waals surface area contributed by atoms with E-state index in [-0.39, 0.29) is 17.4 Å². The first-order valence-electron chi connectivity index (χ1n) is 6.93. The van der Waals surface area contributed by atoms with Gasteiger partial charge in [0, 0.05) is 6.54 Å². The van der Waals surface area contributed by atoms with E-state index in [0.717, 1.165) is 24.1 Å². The first-order valence-corrected chi connectivity index (χ1v) is 8.42. The molecule has 1 atom stereocenters. The van der Waals surface area contributed by atoms with E-state index in [0.29, 0.717) is 6.07 Å². The molecule has 0 aliphatic heterocycles. The highest BCUT2D eigenvalue weighted by Gasteiger charge is 2.18. The maximum Gasteiger partial charge on any atom is 0.240 e. The highest BCUT2D eigenvalue weighted by atomic mass is 32.2. The maximum atomic E-state index is 13.2. The zero-order valence-corrected chi connectivity index (χ0v) is 12.9. The largest absolute Gasteiger partial charge is 0.240 e. The second-order valence-electron chi connectivity index (χ2n) is 4.94. The van der Waals surface area contributed by atoms with Crippen molar-refractivity contribution in [3.63, 3.8) is 0 Å². The number of rotatable bonds is 6. The lowest BCUT2D eigenvalue weighted by atomic mass is 9.97. The molecule has 2 rings (SSSR count). The van der Waals surface area contributed by atoms with Crippen LogP contribution in [0.25, 0.3) is 0 Å². The van der Waals surface area contributed by atoms with Crippen LogP contribution in [0.1, 0.15) is 24.8 Å². The minimum absolute atomic E-state index is 0.0151. The van der Waals surface area contributed by atoms with Crippen molar-refractivity contribution in [1.29, 1.82) is 0 Å². The average molecular weight is 325 g/mol. The highest BCUT2D eigenvalue weighted by molar-refractivity contribution is 7.89. The third kappa shape index (κ3) is 3.90. The number of nitrogens with one attached hydrogen (secondary N) is 1. The van der Waals surface area contributed by atoms with E-state index in [1.807, 2.05) is 37.3 Å². The van der Waals surface area contributed by atoms with Gasteiger partial charge in [-0.25, -0.2) is 21.9 Å². The lowest BCUT2D eigenvalue weighted by molar-refractivity contribution is 0.504. The smallest absolute Gasteiger partial charge is 0.211 e. The summed E-state index contributed by atoms with van der Waals surface area (Å²) in [7, 11) is -3.87. The van der Waals surface area contributed by atoms with Crippen LogP contribution in [-0.4, -0.2) is 15.0 Å². The van der Waals surface area contributed by atoms with Gasteiger partial charge >= 0.3 is 0 Å². The molecule has 3 nitrogen and oxygen atoms in total. The Kier molecular flexibility index (Phi) is 5.26. The third-order valence-corrected chi connectivity index (χ3v) is 4.91. The Morgan fingerprint density at radius 1 is 1.05 bits per heavy atom. The van der Waals surface area contributed by atoms with Crippen LogP contribution >= 0.6 is 0 Å². The fraction of sp³-hybridized carbons (Fsp3) is 0.250. The molecule has 0 heterocycles. The predicted octanol–water partition coefficient (Wildman–Crippen LogP) is 3.44. The molecule has 0 aliphatic rings. The Morgan fingerprint density at radius 3 is 2.32 bits per heavy atom. The van der Waals surface area contributed by atoms with Gasteiger partial charge in [-0.2, -0.15) is 0 Å². The van der Waals surface area contributed by atoms with Crippen LogP contribution in [0.3, 0.4) is 0 Å². The summed E-state index contributed by atoms with van der Waals surface area (Å²) < 4.78 is 52.8. The summed E-state index contributed by atoms with van der Waals surface area (Å²) in [5.41, 5.74) is 1.03. The molecule has 1 unspecified atom stereocenters. The van der Waals surface area contributed by atoms with Crippen molar-refractivity contribution in [2.45, 2.75) is 24.2 Å². The molecule has 118 valence electrons. The Hall–Kier alpha value is -1.79. The van der Waals surface area contributed by atoms with E-state index in [1.54, 1.807) is 0 Å². The Morgan fingerprint density at radius 2 is 1.73 bits per heavy atom. The maximum absolute atomic E-state index is 13.2. The molecule has 2 aromatic rings. The minimum atomic E-state index is -3.87. The van der Waals surface area contributed by atoms with Gasteiger partial charge in [-0.15, -0.1) is 0 Å². The molecule has 1 N–H and O–H groups in total. The van der Waals surface area contributed by atoms with Crippen molar-refractivity contribution in [3.05, 3.63) is 65.7 Å². The summed E-state index contributed by atoms with van der Waals surface area (Å²) in [6.45, 7) is 2.16. The van der Waals surface area contributed by atoms with E-state index in [9.17, 15) is 17.2 Å². The first kappa shape index (κ1) is 16.6. The van der Waals surface area contributed by atoms with Gasteiger partial charge in [0.2, 0.25) is 10.0 Å². The van der Waals surface area contributed by atoms with Crippen molar-refractivity contribution < 1.29 is 17.2 Å². The van der Waals surface area contributed by atoms with Gasteiger partial charge in [0.1, 0.15) is 0 Å². The van der Waals surface area contributed by atoms with Gasteiger partial charge in [0.05, 0.1) is 4.90 Å². The molecule has 0 saturated carbocycles. The summed E-state index contributed by atoms with van der Waals surface area (Å²) in [6, 6.07) is 12.1. The summed E-state index contributed by atoms with van der Waals surface area (Å²) in [5, 5.41) is 0. The van der Waals surface area contributed by atoms with Gasteiger partial charge in [0.25, 0.3) is 0 Å². The van der Waals surface area contributed by atoms with E-state index in [2.05, 4.69) is 4.72 Å². The molecule has 0 fully saturated rings. The standard InChI is InChI=1S/C16H17F2NO2S/c1-2-12(13-6-4-3-5-7-13)11-19-22(20,21)14-8-9-15(17)16(18)10-14/h3-10,12,19H,2,11H2,1H3.